The molecular weight excluding hydrogens is 248 g/mol. The van der Waals surface area contributed by atoms with Gasteiger partial charge in [-0.15, -0.1) is 0 Å². The van der Waals surface area contributed by atoms with Gasteiger partial charge in [0.1, 0.15) is 0 Å². The van der Waals surface area contributed by atoms with Crippen LogP contribution in [0.1, 0.15) is 32.1 Å². The Morgan fingerprint density at radius 3 is 2.55 bits per heavy atom. The highest BCUT2D eigenvalue weighted by molar-refractivity contribution is 5.91. The Morgan fingerprint density at radius 1 is 1.10 bits per heavy atom. The lowest BCUT2D eigenvalue weighted by Crippen LogP contribution is -2.49. The average Bonchev–Trinajstić information content (AvgIpc) is 2.54. The van der Waals surface area contributed by atoms with E-state index in [2.05, 4.69) is 4.90 Å². The highest BCUT2D eigenvalue weighted by Gasteiger charge is 2.33. The van der Waals surface area contributed by atoms with Crippen molar-refractivity contribution in [2.75, 3.05) is 25.0 Å². The predicted molar refractivity (Wildman–Crippen MR) is 81.9 cm³/mol. The Kier molecular flexibility index (Phi) is 3.95. The molecule has 108 valence electrons. The summed E-state index contributed by atoms with van der Waals surface area (Å²) in [6.07, 6.45) is 6.61. The molecule has 0 N–H and O–H groups in total. The van der Waals surface area contributed by atoms with Crippen LogP contribution >= 0.6 is 0 Å². The maximum Gasteiger partial charge on any atom is 0.324 e. The molecule has 1 aromatic carbocycles. The van der Waals surface area contributed by atoms with Crippen LogP contribution in [0.3, 0.4) is 0 Å². The van der Waals surface area contributed by atoms with E-state index < -0.39 is 0 Å². The van der Waals surface area contributed by atoms with E-state index in [-0.39, 0.29) is 6.03 Å². The van der Waals surface area contributed by atoms with Crippen molar-refractivity contribution in [1.29, 1.82) is 0 Å². The van der Waals surface area contributed by atoms with Crippen molar-refractivity contribution in [3.63, 3.8) is 0 Å². The Hall–Kier alpha value is -1.51. The van der Waals surface area contributed by atoms with Gasteiger partial charge >= 0.3 is 6.03 Å². The number of anilines is 1. The summed E-state index contributed by atoms with van der Waals surface area (Å²) in [6.45, 7) is 1.89. The predicted octanol–water partition coefficient (Wildman–Crippen LogP) is 3.75. The van der Waals surface area contributed by atoms with Crippen molar-refractivity contribution in [1.82, 2.24) is 4.90 Å². The van der Waals surface area contributed by atoms with Gasteiger partial charge in [-0.25, -0.2) is 4.79 Å². The Morgan fingerprint density at radius 2 is 1.80 bits per heavy atom. The number of nitrogens with zero attached hydrogens (tertiary/aromatic N) is 2. The van der Waals surface area contributed by atoms with Crippen LogP contribution in [-0.2, 0) is 0 Å². The van der Waals surface area contributed by atoms with Gasteiger partial charge in [0.15, 0.2) is 0 Å². The highest BCUT2D eigenvalue weighted by atomic mass is 16.2. The number of amides is 2. The molecule has 3 heteroatoms. The molecule has 0 spiro atoms. The number of likely N-dealkylation sites (tertiary alicyclic amines) is 1. The number of urea groups is 1. The number of piperidine rings is 1. The molecule has 2 aliphatic rings. The minimum Gasteiger partial charge on any atom is -0.324 e. The maximum atomic E-state index is 12.6. The van der Waals surface area contributed by atoms with Crippen LogP contribution in [0.5, 0.6) is 0 Å². The lowest BCUT2D eigenvalue weighted by Gasteiger charge is -2.42. The standard InChI is InChI=1S/C17H24N2O/c1-18(16-9-3-2-4-10-16)17(20)19-12-11-14-7-5-6-8-15(14)13-19/h2-4,9-10,14-15H,5-8,11-13H2,1H3/t14-,15-/m1/s1. The van der Waals surface area contributed by atoms with Crippen molar-refractivity contribution in [2.45, 2.75) is 32.1 Å². The molecule has 3 rings (SSSR count). The van der Waals surface area contributed by atoms with Crippen molar-refractivity contribution in [3.05, 3.63) is 30.3 Å². The van der Waals surface area contributed by atoms with E-state index in [4.69, 9.17) is 0 Å². The maximum absolute atomic E-state index is 12.6. The molecule has 1 aliphatic carbocycles. The van der Waals surface area contributed by atoms with Crippen LogP contribution in [0.25, 0.3) is 0 Å². The number of fused-ring (bicyclic) bond motifs is 1. The number of benzene rings is 1. The first kappa shape index (κ1) is 13.5. The summed E-state index contributed by atoms with van der Waals surface area (Å²) < 4.78 is 0. The number of rotatable bonds is 1. The fourth-order valence-electron chi connectivity index (χ4n) is 3.75. The molecule has 0 aromatic heterocycles. The third-order valence-electron chi connectivity index (χ3n) is 4.99. The van der Waals surface area contributed by atoms with Crippen LogP contribution in [0.4, 0.5) is 10.5 Å². The van der Waals surface area contributed by atoms with Crippen LogP contribution in [0, 0.1) is 11.8 Å². The van der Waals surface area contributed by atoms with Crippen LogP contribution in [-0.4, -0.2) is 31.1 Å². The fourth-order valence-corrected chi connectivity index (χ4v) is 3.75. The number of hydrogen-bond acceptors (Lipinski definition) is 1. The first-order chi connectivity index (χ1) is 9.75. The minimum absolute atomic E-state index is 0.153. The molecule has 2 amide bonds. The third kappa shape index (κ3) is 2.67. The largest absolute Gasteiger partial charge is 0.324 e. The van der Waals surface area contributed by atoms with Crippen LogP contribution < -0.4 is 4.90 Å². The molecule has 0 unspecified atom stereocenters. The summed E-state index contributed by atoms with van der Waals surface area (Å²) in [6, 6.07) is 10.1. The Balaban J connectivity index is 1.65. The van der Waals surface area contributed by atoms with E-state index in [1.54, 1.807) is 4.90 Å². The van der Waals surface area contributed by atoms with E-state index in [1.165, 1.54) is 32.1 Å². The summed E-state index contributed by atoms with van der Waals surface area (Å²) >= 11 is 0. The van der Waals surface area contributed by atoms with Crippen molar-refractivity contribution in [2.24, 2.45) is 11.8 Å². The third-order valence-corrected chi connectivity index (χ3v) is 4.99. The van der Waals surface area contributed by atoms with Gasteiger partial charge in [0.2, 0.25) is 0 Å². The lowest BCUT2D eigenvalue weighted by molar-refractivity contribution is 0.105. The normalized spacial score (nSPS) is 25.9. The summed E-state index contributed by atoms with van der Waals surface area (Å²) in [5, 5.41) is 0. The zero-order valence-corrected chi connectivity index (χ0v) is 12.3. The second-order valence-corrected chi connectivity index (χ2v) is 6.22. The molecule has 1 saturated carbocycles. The van der Waals surface area contributed by atoms with Crippen LogP contribution in [0.15, 0.2) is 30.3 Å². The van der Waals surface area contributed by atoms with Gasteiger partial charge in [-0.05, 0) is 36.8 Å². The van der Waals surface area contributed by atoms with E-state index in [0.29, 0.717) is 0 Å². The number of carbonyl (C=O) groups is 1. The monoisotopic (exact) mass is 272 g/mol. The van der Waals surface area contributed by atoms with Crippen LogP contribution in [0.2, 0.25) is 0 Å². The summed E-state index contributed by atoms with van der Waals surface area (Å²) in [5.41, 5.74) is 0.975. The zero-order chi connectivity index (χ0) is 13.9. The van der Waals surface area contributed by atoms with Gasteiger partial charge in [-0.2, -0.15) is 0 Å². The molecule has 3 nitrogen and oxygen atoms in total. The quantitative estimate of drug-likeness (QED) is 0.763. The molecule has 1 saturated heterocycles. The second-order valence-electron chi connectivity index (χ2n) is 6.22. The first-order valence-electron chi connectivity index (χ1n) is 7.83. The van der Waals surface area contributed by atoms with Gasteiger partial charge in [0.05, 0.1) is 0 Å². The number of carbonyl (C=O) groups excluding carboxylic acids is 1. The van der Waals surface area contributed by atoms with E-state index >= 15 is 0 Å². The van der Waals surface area contributed by atoms with Crippen molar-refractivity contribution < 1.29 is 4.79 Å². The first-order valence-corrected chi connectivity index (χ1v) is 7.83. The molecule has 0 bridgehead atoms. The number of hydrogen-bond donors (Lipinski definition) is 0. The number of para-hydroxylation sites is 1. The smallest absolute Gasteiger partial charge is 0.324 e. The van der Waals surface area contributed by atoms with Gasteiger partial charge in [-0.1, -0.05) is 37.5 Å². The highest BCUT2D eigenvalue weighted by Crippen LogP contribution is 2.36. The molecular formula is C17H24N2O. The van der Waals surface area contributed by atoms with Crippen molar-refractivity contribution >= 4 is 11.7 Å². The molecule has 1 heterocycles. The van der Waals surface area contributed by atoms with E-state index in [9.17, 15) is 4.79 Å². The SMILES string of the molecule is CN(C(=O)N1CC[C@H]2CCCC[C@@H]2C1)c1ccccc1. The summed E-state index contributed by atoms with van der Waals surface area (Å²) in [7, 11) is 1.88. The second kappa shape index (κ2) is 5.86. The minimum atomic E-state index is 0.153. The summed E-state index contributed by atoms with van der Waals surface area (Å²) in [5.74, 6) is 1.61. The van der Waals surface area contributed by atoms with Gasteiger partial charge in [-0.3, -0.25) is 4.90 Å². The molecule has 1 aliphatic heterocycles. The average molecular weight is 272 g/mol. The molecule has 2 fully saturated rings. The van der Waals surface area contributed by atoms with Gasteiger partial charge in [0.25, 0.3) is 0 Å². The Bertz CT molecular complexity index is 459. The molecule has 2 atom stereocenters. The van der Waals surface area contributed by atoms with E-state index in [0.717, 1.165) is 30.6 Å². The molecule has 0 radical (unpaired) electrons. The van der Waals surface area contributed by atoms with E-state index in [1.807, 2.05) is 37.4 Å². The topological polar surface area (TPSA) is 23.6 Å². The summed E-state index contributed by atoms with van der Waals surface area (Å²) in [4.78, 5) is 16.5. The van der Waals surface area contributed by atoms with Gasteiger partial charge in [0, 0.05) is 25.8 Å². The van der Waals surface area contributed by atoms with Crippen molar-refractivity contribution in [3.8, 4) is 0 Å². The Labute approximate surface area is 121 Å². The lowest BCUT2D eigenvalue weighted by atomic mass is 9.75. The zero-order valence-electron chi connectivity index (χ0n) is 12.3. The van der Waals surface area contributed by atoms with Gasteiger partial charge < -0.3 is 4.90 Å². The molecule has 20 heavy (non-hydrogen) atoms. The fraction of sp³-hybridized carbons (Fsp3) is 0.588. The molecule has 1 aromatic rings.